The lowest BCUT2D eigenvalue weighted by Gasteiger charge is -2.28. The van der Waals surface area contributed by atoms with Gasteiger partial charge in [-0.2, -0.15) is 0 Å². The van der Waals surface area contributed by atoms with E-state index in [0.717, 1.165) is 13.8 Å². The molecule has 15 N–H and O–H groups in total. The Bertz CT molecular complexity index is 1150. The second-order valence-corrected chi connectivity index (χ2v) is 12.6. The first-order chi connectivity index (χ1) is 23.1. The maximum absolute atomic E-state index is 13.3. The molecule has 50 heavy (non-hydrogen) atoms. The van der Waals surface area contributed by atoms with Gasteiger partial charge < -0.3 is 68.9 Å². The van der Waals surface area contributed by atoms with Crippen LogP contribution in [-0.2, 0) is 33.6 Å². The van der Waals surface area contributed by atoms with Gasteiger partial charge in [0.25, 0.3) is 0 Å². The third-order valence-corrected chi connectivity index (χ3v) is 7.35. The number of hydrogen-bond acceptors (Lipinski definition) is 13. The number of nitrogens with two attached hydrogens (primary N) is 2. The minimum Gasteiger partial charge on any atom is -0.480 e. The van der Waals surface area contributed by atoms with Crippen molar-refractivity contribution in [3.8, 4) is 0 Å². The van der Waals surface area contributed by atoms with Gasteiger partial charge in [0.05, 0.1) is 31.0 Å². The number of unbranched alkanes of at least 4 members (excludes halogenated alkanes) is 1. The molecule has 0 bridgehead atoms. The Labute approximate surface area is 290 Å². The van der Waals surface area contributed by atoms with Crippen molar-refractivity contribution in [2.45, 2.75) is 128 Å². The summed E-state index contributed by atoms with van der Waals surface area (Å²) in [6.45, 7) is 7.74. The fraction of sp³-hybridized carbons (Fsp3) is 0.767. The molecule has 0 fully saturated rings. The molecule has 0 aromatic rings. The van der Waals surface area contributed by atoms with Gasteiger partial charge in [-0.15, -0.1) is 0 Å². The van der Waals surface area contributed by atoms with E-state index < -0.39 is 109 Å². The second kappa shape index (κ2) is 22.7. The molecule has 288 valence electrons. The topological polar surface area (TPSA) is 345 Å². The number of aliphatic hydroxyl groups is 4. The van der Waals surface area contributed by atoms with Crippen molar-refractivity contribution in [3.63, 3.8) is 0 Å². The van der Waals surface area contributed by atoms with Crippen LogP contribution in [0.25, 0.3) is 0 Å². The maximum atomic E-state index is 13.3. The summed E-state index contributed by atoms with van der Waals surface area (Å²) in [6, 6.07) is -8.93. The second-order valence-electron chi connectivity index (χ2n) is 12.6. The van der Waals surface area contributed by atoms with Crippen molar-refractivity contribution in [2.24, 2.45) is 17.4 Å². The zero-order chi connectivity index (χ0) is 38.9. The zero-order valence-corrected chi connectivity index (χ0v) is 29.3. The van der Waals surface area contributed by atoms with Crippen LogP contribution in [0, 0.1) is 5.92 Å². The number of aliphatic carboxylic acids is 1. The largest absolute Gasteiger partial charge is 0.480 e. The van der Waals surface area contributed by atoms with Crippen molar-refractivity contribution >= 4 is 41.4 Å². The highest BCUT2D eigenvalue weighted by Gasteiger charge is 2.35. The number of carboxylic acid groups (broad SMARTS) is 1. The molecule has 0 radical (unpaired) electrons. The maximum Gasteiger partial charge on any atom is 0.326 e. The first kappa shape index (κ1) is 46.0. The predicted molar refractivity (Wildman–Crippen MR) is 177 cm³/mol. The minimum atomic E-state index is -1.72. The Morgan fingerprint density at radius 3 is 1.50 bits per heavy atom. The third-order valence-electron chi connectivity index (χ3n) is 7.35. The van der Waals surface area contributed by atoms with E-state index in [0.29, 0.717) is 12.8 Å². The van der Waals surface area contributed by atoms with Crippen LogP contribution in [0.2, 0.25) is 0 Å². The van der Waals surface area contributed by atoms with E-state index in [1.165, 1.54) is 13.8 Å². The Morgan fingerprint density at radius 2 is 1.04 bits per heavy atom. The molecule has 0 aliphatic carbocycles. The van der Waals surface area contributed by atoms with Crippen molar-refractivity contribution in [3.05, 3.63) is 0 Å². The molecule has 0 heterocycles. The Hall–Kier alpha value is -3.95. The molecule has 0 aromatic carbocycles. The molecule has 0 aromatic heterocycles. The number of nitrogens with one attached hydrogen (secondary N) is 6. The predicted octanol–water partition coefficient (Wildman–Crippen LogP) is -5.36. The van der Waals surface area contributed by atoms with Crippen LogP contribution < -0.4 is 43.4 Å². The van der Waals surface area contributed by atoms with Crippen LogP contribution in [0.5, 0.6) is 0 Å². The van der Waals surface area contributed by atoms with Gasteiger partial charge in [-0.05, 0) is 65.8 Å². The minimum absolute atomic E-state index is 0.0499. The number of hydrogen-bond donors (Lipinski definition) is 13. The first-order valence-corrected chi connectivity index (χ1v) is 16.3. The fourth-order valence-electron chi connectivity index (χ4n) is 4.42. The van der Waals surface area contributed by atoms with Gasteiger partial charge in [0.2, 0.25) is 35.4 Å². The highest BCUT2D eigenvalue weighted by Crippen LogP contribution is 2.08. The highest BCUT2D eigenvalue weighted by atomic mass is 16.4. The van der Waals surface area contributed by atoms with Crippen molar-refractivity contribution < 1.29 is 59.1 Å². The summed E-state index contributed by atoms with van der Waals surface area (Å²) in [5.41, 5.74) is 11.1. The molecule has 0 unspecified atom stereocenters. The molecule has 20 nitrogen and oxygen atoms in total. The summed E-state index contributed by atoms with van der Waals surface area (Å²) < 4.78 is 0. The molecular formula is C30H56N8O12. The summed E-state index contributed by atoms with van der Waals surface area (Å²) >= 11 is 0. The molecule has 0 spiro atoms. The molecule has 6 amide bonds. The van der Waals surface area contributed by atoms with E-state index in [-0.39, 0.29) is 25.3 Å². The van der Waals surface area contributed by atoms with Crippen LogP contribution in [0.3, 0.4) is 0 Å². The van der Waals surface area contributed by atoms with Gasteiger partial charge in [-0.1, -0.05) is 13.8 Å². The number of carbonyl (C=O) groups excluding carboxylic acids is 6. The van der Waals surface area contributed by atoms with Crippen LogP contribution in [0.15, 0.2) is 0 Å². The summed E-state index contributed by atoms with van der Waals surface area (Å²) in [5, 5.41) is 63.1. The number of amides is 6. The monoisotopic (exact) mass is 720 g/mol. The smallest absolute Gasteiger partial charge is 0.326 e. The van der Waals surface area contributed by atoms with Crippen molar-refractivity contribution in [1.82, 2.24) is 31.9 Å². The average molecular weight is 721 g/mol. The van der Waals surface area contributed by atoms with Gasteiger partial charge in [0.15, 0.2) is 0 Å². The summed E-state index contributed by atoms with van der Waals surface area (Å²) in [4.78, 5) is 88.5. The fourth-order valence-corrected chi connectivity index (χ4v) is 4.42. The molecule has 0 saturated heterocycles. The Kier molecular flexibility index (Phi) is 20.9. The van der Waals surface area contributed by atoms with Crippen LogP contribution in [0.1, 0.15) is 67.2 Å². The number of aliphatic hydroxyl groups excluding tert-OH is 4. The molecular weight excluding hydrogens is 664 g/mol. The van der Waals surface area contributed by atoms with E-state index >= 15 is 0 Å². The standard InChI is InChI=1S/C30H56N8O12/c1-13(2)11-19(30(49)50)35-25(44)18(9-7-8-10-31)34-28(47)24(17(6)42)38-29(48)23(16(5)41)36-20(43)12-33-27(46)22(15(4)40)37-26(45)21(32)14(3)39/h13-19,21-24,39-42H,7-12,31-32H2,1-6H3,(H,33,46)(H,34,47)(H,35,44)(H,36,43)(H,37,45)(H,38,48)(H,49,50)/t14-,15-,16-,17-,18+,19+,21+,22+,23+,24+/m1/s1. The third kappa shape index (κ3) is 16.6. The van der Waals surface area contributed by atoms with Crippen molar-refractivity contribution in [1.29, 1.82) is 0 Å². The average Bonchev–Trinajstić information content (AvgIpc) is 3.01. The van der Waals surface area contributed by atoms with E-state index in [9.17, 15) is 59.1 Å². The van der Waals surface area contributed by atoms with E-state index in [4.69, 9.17) is 11.5 Å². The first-order valence-electron chi connectivity index (χ1n) is 16.3. The number of carboxylic acids is 1. The number of carbonyl (C=O) groups is 7. The van der Waals surface area contributed by atoms with Gasteiger partial charge in [-0.25, -0.2) is 4.79 Å². The number of rotatable bonds is 23. The van der Waals surface area contributed by atoms with Crippen LogP contribution in [0.4, 0.5) is 0 Å². The Balaban J connectivity index is 5.71. The quantitative estimate of drug-likeness (QED) is 0.0439. The lowest BCUT2D eigenvalue weighted by atomic mass is 10.0. The van der Waals surface area contributed by atoms with Gasteiger partial charge in [0, 0.05) is 0 Å². The summed E-state index contributed by atoms with van der Waals surface area (Å²) in [7, 11) is 0. The highest BCUT2D eigenvalue weighted by molar-refractivity contribution is 5.96. The van der Waals surface area contributed by atoms with Crippen LogP contribution >= 0.6 is 0 Å². The summed E-state index contributed by atoms with van der Waals surface area (Å²) in [5.74, 6) is -7.30. The SMILES string of the molecule is CC(C)C[C@H](NC(=O)[C@H](CCCCN)NC(=O)[C@@H](NC(=O)[C@@H](NC(=O)CNC(=O)[C@@H](NC(=O)[C@@H](N)[C@@H](C)O)[C@@H](C)O)[C@@H](C)O)[C@@H](C)O)C(=O)O. The van der Waals surface area contributed by atoms with Gasteiger partial charge in [0.1, 0.15) is 36.3 Å². The molecule has 0 rings (SSSR count). The van der Waals surface area contributed by atoms with Crippen molar-refractivity contribution in [2.75, 3.05) is 13.1 Å². The van der Waals surface area contributed by atoms with Gasteiger partial charge >= 0.3 is 5.97 Å². The van der Waals surface area contributed by atoms with E-state index in [1.807, 2.05) is 0 Å². The normalized spacial score (nSPS) is 17.3. The lowest BCUT2D eigenvalue weighted by Crippen LogP contribution is -2.62. The lowest BCUT2D eigenvalue weighted by molar-refractivity contribution is -0.143. The van der Waals surface area contributed by atoms with Gasteiger partial charge in [-0.3, -0.25) is 28.8 Å². The molecule has 10 atom stereocenters. The van der Waals surface area contributed by atoms with Crippen LogP contribution in [-0.4, -0.2) is 141 Å². The molecule has 0 aliphatic rings. The molecule has 0 aliphatic heterocycles. The summed E-state index contributed by atoms with van der Waals surface area (Å²) in [6.07, 6.45) is -4.83. The van der Waals surface area contributed by atoms with E-state index in [1.54, 1.807) is 13.8 Å². The Morgan fingerprint density at radius 1 is 0.580 bits per heavy atom. The zero-order valence-electron chi connectivity index (χ0n) is 29.3. The van der Waals surface area contributed by atoms with E-state index in [2.05, 4.69) is 31.9 Å². The molecule has 0 saturated carbocycles. The molecule has 20 heteroatoms.